The lowest BCUT2D eigenvalue weighted by molar-refractivity contribution is -0.00000146. The lowest BCUT2D eigenvalue weighted by atomic mass is 11.8. The van der Waals surface area contributed by atoms with Gasteiger partial charge < -0.3 is 24.0 Å². The van der Waals surface area contributed by atoms with E-state index in [1.165, 1.54) is 5.08 Å². The van der Waals surface area contributed by atoms with Crippen LogP contribution in [0.15, 0.2) is 0 Å². The van der Waals surface area contributed by atoms with Crippen molar-refractivity contribution in [2.75, 3.05) is 23.9 Å². The highest BCUT2D eigenvalue weighted by molar-refractivity contribution is 8.13. The van der Waals surface area contributed by atoms with Gasteiger partial charge >= 0.3 is 0 Å². The molecule has 0 N–H and O–H groups in total. The zero-order chi connectivity index (χ0) is 4.99. The van der Waals surface area contributed by atoms with Crippen LogP contribution in [0, 0.1) is 0 Å². The maximum Gasteiger partial charge on any atom is 0.152 e. The smallest absolute Gasteiger partial charge is 0.152 e. The van der Waals surface area contributed by atoms with Gasteiger partial charge in [0.15, 0.2) is 5.08 Å². The largest absolute Gasteiger partial charge is 1.00 e. The van der Waals surface area contributed by atoms with Crippen LogP contribution >= 0.6 is 11.8 Å². The van der Waals surface area contributed by atoms with Crippen molar-refractivity contribution >= 4 is 22.7 Å². The van der Waals surface area contributed by atoms with Crippen LogP contribution in [0.4, 0.5) is 0 Å². The standard InChI is InChI=1S/C4H11S2.HI/c1-5-4-6(2)3;/h4H2,1-3H3;1H/q+1;/p-1. The summed E-state index contributed by atoms with van der Waals surface area (Å²) in [6.07, 6.45) is 6.67. The molecule has 7 heavy (non-hydrogen) atoms. The highest BCUT2D eigenvalue weighted by Gasteiger charge is 1.95. The lowest BCUT2D eigenvalue weighted by Crippen LogP contribution is -3.00. The maximum atomic E-state index is 2.26. The Morgan fingerprint density at radius 2 is 1.86 bits per heavy atom. The molecule has 3 heteroatoms. The van der Waals surface area contributed by atoms with E-state index in [0.29, 0.717) is 10.9 Å². The molecular weight excluding hydrogens is 239 g/mol. The molecule has 0 heterocycles. The van der Waals surface area contributed by atoms with Crippen molar-refractivity contribution in [1.82, 2.24) is 0 Å². The molecule has 0 nitrogen and oxygen atoms in total. The molecule has 0 aliphatic heterocycles. The Balaban J connectivity index is 0. The second-order valence-electron chi connectivity index (χ2n) is 1.39. The van der Waals surface area contributed by atoms with Gasteiger partial charge in [-0.1, -0.05) is 0 Å². The molecule has 0 aromatic heterocycles. The van der Waals surface area contributed by atoms with E-state index in [-0.39, 0.29) is 24.0 Å². The van der Waals surface area contributed by atoms with Gasteiger partial charge in [0.1, 0.15) is 0 Å². The molecule has 0 rings (SSSR count). The predicted octanol–water partition coefficient (Wildman–Crippen LogP) is -1.81. The lowest BCUT2D eigenvalue weighted by Gasteiger charge is -1.86. The fourth-order valence-corrected chi connectivity index (χ4v) is 2.12. The van der Waals surface area contributed by atoms with E-state index < -0.39 is 0 Å². The summed E-state index contributed by atoms with van der Waals surface area (Å²) in [5.41, 5.74) is 0. The molecular formula is C4H11IS2. The molecule has 46 valence electrons. The predicted molar refractivity (Wildman–Crippen MR) is 37.6 cm³/mol. The first-order valence-corrected chi connectivity index (χ1v) is 5.41. The first-order valence-electron chi connectivity index (χ1n) is 1.80. The van der Waals surface area contributed by atoms with E-state index in [0.717, 1.165) is 0 Å². The van der Waals surface area contributed by atoms with Crippen molar-refractivity contribution < 1.29 is 24.0 Å². The van der Waals surface area contributed by atoms with Gasteiger partial charge in [-0.2, -0.15) is 0 Å². The van der Waals surface area contributed by atoms with E-state index >= 15 is 0 Å². The van der Waals surface area contributed by atoms with E-state index in [2.05, 4.69) is 18.8 Å². The average Bonchev–Trinajstić information content (AvgIpc) is 1.35. The summed E-state index contributed by atoms with van der Waals surface area (Å²) < 4.78 is 0. The van der Waals surface area contributed by atoms with Crippen molar-refractivity contribution in [3.63, 3.8) is 0 Å². The third-order valence-corrected chi connectivity index (χ3v) is 3.18. The van der Waals surface area contributed by atoms with Crippen LogP contribution in [0.3, 0.4) is 0 Å². The monoisotopic (exact) mass is 250 g/mol. The summed E-state index contributed by atoms with van der Waals surface area (Å²) in [5.74, 6) is 0. The number of halogens is 1. The summed E-state index contributed by atoms with van der Waals surface area (Å²) in [6.45, 7) is 0. The Morgan fingerprint density at radius 1 is 1.43 bits per heavy atom. The first kappa shape index (κ1) is 11.3. The van der Waals surface area contributed by atoms with Crippen LogP contribution in [0.1, 0.15) is 0 Å². The number of rotatable bonds is 2. The van der Waals surface area contributed by atoms with Gasteiger partial charge in [0.25, 0.3) is 0 Å². The SMILES string of the molecule is CSC[S+](C)C.[I-]. The first-order chi connectivity index (χ1) is 2.77. The van der Waals surface area contributed by atoms with Crippen LogP contribution in [0.2, 0.25) is 0 Å². The molecule has 0 saturated carbocycles. The second-order valence-corrected chi connectivity index (χ2v) is 4.88. The Hall–Kier alpha value is 1.43. The van der Waals surface area contributed by atoms with E-state index in [1.54, 1.807) is 0 Å². The Bertz CT molecular complexity index is 30.9. The van der Waals surface area contributed by atoms with Gasteiger partial charge in [-0.05, 0) is 17.2 Å². The van der Waals surface area contributed by atoms with E-state index in [4.69, 9.17) is 0 Å². The van der Waals surface area contributed by atoms with Crippen LogP contribution in [-0.2, 0) is 10.9 Å². The van der Waals surface area contributed by atoms with E-state index in [1.807, 2.05) is 11.8 Å². The second kappa shape index (κ2) is 7.43. The van der Waals surface area contributed by atoms with Crippen LogP contribution < -0.4 is 24.0 Å². The van der Waals surface area contributed by atoms with Crippen LogP contribution in [0.25, 0.3) is 0 Å². The zero-order valence-corrected chi connectivity index (χ0v) is 8.69. The third kappa shape index (κ3) is 11.2. The Labute approximate surface area is 70.2 Å². The van der Waals surface area contributed by atoms with Gasteiger partial charge in [-0.3, -0.25) is 0 Å². The van der Waals surface area contributed by atoms with Crippen LogP contribution in [0.5, 0.6) is 0 Å². The topological polar surface area (TPSA) is 0 Å². The van der Waals surface area contributed by atoms with Crippen molar-refractivity contribution in [1.29, 1.82) is 0 Å². The fraction of sp³-hybridized carbons (Fsp3) is 1.00. The fourth-order valence-electron chi connectivity index (χ4n) is 0.236. The average molecular weight is 250 g/mol. The molecule has 0 aliphatic rings. The molecule has 0 aromatic rings. The minimum absolute atomic E-state index is 0. The minimum Gasteiger partial charge on any atom is -1.00 e. The Kier molecular flexibility index (Phi) is 11.9. The maximum absolute atomic E-state index is 2.26. The van der Waals surface area contributed by atoms with Crippen LogP contribution in [-0.4, -0.2) is 23.9 Å². The van der Waals surface area contributed by atoms with Gasteiger partial charge in [0.2, 0.25) is 0 Å². The summed E-state index contributed by atoms with van der Waals surface area (Å²) >= 11 is 1.92. The summed E-state index contributed by atoms with van der Waals surface area (Å²) in [6, 6.07) is 0. The highest BCUT2D eigenvalue weighted by atomic mass is 127. The molecule has 0 aromatic carbocycles. The summed E-state index contributed by atoms with van der Waals surface area (Å²) in [7, 11) is 0.647. The van der Waals surface area contributed by atoms with Gasteiger partial charge in [0, 0.05) is 0 Å². The van der Waals surface area contributed by atoms with Gasteiger partial charge in [-0.25, -0.2) is 0 Å². The molecule has 0 radical (unpaired) electrons. The number of hydrogen-bond acceptors (Lipinski definition) is 1. The zero-order valence-electron chi connectivity index (χ0n) is 4.90. The quantitative estimate of drug-likeness (QED) is 0.411. The van der Waals surface area contributed by atoms with Gasteiger partial charge in [0.05, 0.1) is 12.5 Å². The number of hydrogen-bond donors (Lipinski definition) is 0. The van der Waals surface area contributed by atoms with Gasteiger partial charge in [-0.15, -0.1) is 11.8 Å². The Morgan fingerprint density at radius 3 is 1.86 bits per heavy atom. The normalized spacial score (nSPS) is 8.57. The third-order valence-electron chi connectivity index (χ3n) is 0.354. The minimum atomic E-state index is 0. The molecule has 0 aliphatic carbocycles. The molecule has 0 bridgehead atoms. The van der Waals surface area contributed by atoms with Crippen molar-refractivity contribution in [3.05, 3.63) is 0 Å². The van der Waals surface area contributed by atoms with E-state index in [9.17, 15) is 0 Å². The molecule has 0 unspecified atom stereocenters. The molecule has 0 amide bonds. The van der Waals surface area contributed by atoms with Crippen molar-refractivity contribution in [2.45, 2.75) is 0 Å². The summed E-state index contributed by atoms with van der Waals surface area (Å²) in [5, 5.41) is 1.32. The summed E-state index contributed by atoms with van der Waals surface area (Å²) in [4.78, 5) is 0. The van der Waals surface area contributed by atoms with Crippen molar-refractivity contribution in [3.8, 4) is 0 Å². The number of thioether (sulfide) groups is 1. The highest BCUT2D eigenvalue weighted by Crippen LogP contribution is 1.96. The molecule has 0 atom stereocenters. The molecule has 0 saturated heterocycles. The molecule has 0 fully saturated rings. The molecule has 0 spiro atoms. The van der Waals surface area contributed by atoms with Crippen molar-refractivity contribution in [2.24, 2.45) is 0 Å².